The number of benzene rings is 4. The van der Waals surface area contributed by atoms with Crippen LogP contribution in [0.3, 0.4) is 0 Å². The number of amidine groups is 1. The van der Waals surface area contributed by atoms with Gasteiger partial charge in [0.1, 0.15) is 41.0 Å². The van der Waals surface area contributed by atoms with Gasteiger partial charge in [-0.15, -0.1) is 6.42 Å². The third-order valence-corrected chi connectivity index (χ3v) is 14.8. The molecule has 6 aromatic rings. The van der Waals surface area contributed by atoms with Gasteiger partial charge >= 0.3 is 12.0 Å². The molecule has 3 atom stereocenters. The van der Waals surface area contributed by atoms with E-state index in [-0.39, 0.29) is 64.5 Å². The van der Waals surface area contributed by atoms with Crippen LogP contribution in [-0.2, 0) is 11.3 Å². The number of nitrogens with one attached hydrogen (secondary N) is 1. The number of aromatic hydroxyl groups is 2. The number of phenolic OH excluding ortho intramolecular Hbond substituents is 2. The standard InChI is InChI=1S/C55H60FN11O5/c1-5-36-8-6-9-37-10-7-11-41(47(36)37)49-48(56)50-44(28-59-49)52(65-29-34(4)66-32-40(66)31-65)61-55(60-50)72-25-24-62-20-22-64(23-21-62)53(70)38-16-18-63(19-17-38)30-35-12-14-39(15-13-35)67(54(58)71)51(57)43-26-42(33(2)3)45(68)27-46(43)69/h1,6-15,26-28,33-34,38,40,57,68-69H,16-25,29-32H2,2-4H3,(H2,58,71). The molecule has 3 amide bonds. The van der Waals surface area contributed by atoms with Gasteiger partial charge in [0.2, 0.25) is 5.91 Å². The molecule has 72 heavy (non-hydrogen) atoms. The smallest absolute Gasteiger partial charge is 0.325 e. The van der Waals surface area contributed by atoms with Gasteiger partial charge in [-0.3, -0.25) is 29.9 Å². The van der Waals surface area contributed by atoms with Crippen molar-refractivity contribution in [3.05, 3.63) is 107 Å². The summed E-state index contributed by atoms with van der Waals surface area (Å²) in [4.78, 5) is 52.9. The topological polar surface area (TPSA) is 192 Å². The molecule has 17 heteroatoms. The van der Waals surface area contributed by atoms with Crippen molar-refractivity contribution in [2.24, 2.45) is 11.7 Å². The number of halogens is 1. The lowest BCUT2D eigenvalue weighted by molar-refractivity contribution is -0.139. The van der Waals surface area contributed by atoms with Gasteiger partial charge in [0, 0.05) is 106 Å². The quantitative estimate of drug-likeness (QED) is 0.0438. The number of ether oxygens (including phenoxy) is 1. The number of nitrogens with two attached hydrogens (primary N) is 1. The number of hydrogen-bond acceptors (Lipinski definition) is 13. The minimum absolute atomic E-state index is 0.0533. The first-order chi connectivity index (χ1) is 34.8. The first kappa shape index (κ1) is 48.2. The molecule has 0 bridgehead atoms. The molecule has 4 aromatic carbocycles. The summed E-state index contributed by atoms with van der Waals surface area (Å²) in [6.45, 7) is 14.2. The molecule has 4 aliphatic heterocycles. The van der Waals surface area contributed by atoms with Crippen molar-refractivity contribution < 1.29 is 28.9 Å². The number of aromatic nitrogens is 3. The van der Waals surface area contributed by atoms with Gasteiger partial charge in [-0.2, -0.15) is 9.97 Å². The number of piperidine rings is 1. The maximum atomic E-state index is 17.0. The Morgan fingerprint density at radius 2 is 1.68 bits per heavy atom. The van der Waals surface area contributed by atoms with Gasteiger partial charge in [0.15, 0.2) is 5.82 Å². The highest BCUT2D eigenvalue weighted by atomic mass is 19.1. The Labute approximate surface area is 418 Å². The lowest BCUT2D eigenvalue weighted by Gasteiger charge is -2.38. The maximum Gasteiger partial charge on any atom is 0.325 e. The summed E-state index contributed by atoms with van der Waals surface area (Å²) in [6, 6.07) is 21.3. The third kappa shape index (κ3) is 9.57. The highest BCUT2D eigenvalue weighted by Gasteiger charge is 2.44. The number of phenols is 2. The normalized spacial score (nSPS) is 19.6. The maximum absolute atomic E-state index is 17.0. The van der Waals surface area contributed by atoms with E-state index in [0.29, 0.717) is 84.9 Å². The van der Waals surface area contributed by atoms with Crippen LogP contribution < -0.4 is 20.3 Å². The van der Waals surface area contributed by atoms with Crippen molar-refractivity contribution in [3.63, 3.8) is 0 Å². The van der Waals surface area contributed by atoms with Crippen LogP contribution in [-0.4, -0.2) is 147 Å². The number of urea groups is 1. The minimum Gasteiger partial charge on any atom is -0.508 e. The van der Waals surface area contributed by atoms with Crippen LogP contribution in [0.25, 0.3) is 32.9 Å². The number of pyridine rings is 1. The number of nitrogens with zero attached hydrogens (tertiary/aromatic N) is 9. The number of primary amides is 1. The molecule has 3 unspecified atom stereocenters. The van der Waals surface area contributed by atoms with Gasteiger partial charge in [-0.05, 0) is 79.6 Å². The van der Waals surface area contributed by atoms with Crippen LogP contribution in [0.15, 0.2) is 79.0 Å². The zero-order valence-corrected chi connectivity index (χ0v) is 40.9. The van der Waals surface area contributed by atoms with Crippen LogP contribution in [0.2, 0.25) is 0 Å². The van der Waals surface area contributed by atoms with Crippen LogP contribution in [0.4, 0.5) is 20.7 Å². The molecule has 4 aliphatic rings. The fourth-order valence-electron chi connectivity index (χ4n) is 10.8. The van der Waals surface area contributed by atoms with E-state index in [1.165, 1.54) is 12.1 Å². The first-order valence-electron chi connectivity index (χ1n) is 24.8. The average molecular weight is 974 g/mol. The number of amides is 3. The Bertz CT molecular complexity index is 3110. The van der Waals surface area contributed by atoms with Crippen molar-refractivity contribution in [2.45, 2.75) is 58.2 Å². The van der Waals surface area contributed by atoms with Crippen molar-refractivity contribution in [2.75, 3.05) is 81.9 Å². The highest BCUT2D eigenvalue weighted by molar-refractivity contribution is 6.22. The van der Waals surface area contributed by atoms with E-state index in [0.717, 1.165) is 66.8 Å². The van der Waals surface area contributed by atoms with E-state index in [4.69, 9.17) is 32.3 Å². The fraction of sp³-hybridized carbons (Fsp3) is 0.382. The summed E-state index contributed by atoms with van der Waals surface area (Å²) >= 11 is 0. The predicted molar refractivity (Wildman–Crippen MR) is 276 cm³/mol. The molecule has 5 N–H and O–H groups in total. The van der Waals surface area contributed by atoms with Crippen molar-refractivity contribution in [1.82, 2.24) is 34.6 Å². The van der Waals surface area contributed by atoms with Crippen LogP contribution in [0, 0.1) is 29.5 Å². The number of fused-ring (bicyclic) bond motifs is 3. The SMILES string of the molecule is C#Cc1cccc2cccc(-c3ncc4c(N5CC(C)N6CC6C5)nc(OCCN5CCN(C(=O)C6CCN(Cc7ccc(N(C(=N)c8cc(C(C)C)c(O)cc8O)C(N)=O)cc7)CC6)CC5)nc4c3F)c12. The molecule has 0 spiro atoms. The number of likely N-dealkylation sites (tertiary alicyclic amines) is 1. The summed E-state index contributed by atoms with van der Waals surface area (Å²) < 4.78 is 23.2. The summed E-state index contributed by atoms with van der Waals surface area (Å²) in [5.74, 6) is 2.14. The van der Waals surface area contributed by atoms with E-state index in [1.54, 1.807) is 18.3 Å². The van der Waals surface area contributed by atoms with Crippen molar-refractivity contribution >= 4 is 51.0 Å². The Morgan fingerprint density at radius 1 is 0.944 bits per heavy atom. The van der Waals surface area contributed by atoms with Gasteiger partial charge in [0.25, 0.3) is 0 Å². The zero-order chi connectivity index (χ0) is 50.4. The number of piperazine rings is 2. The van der Waals surface area contributed by atoms with Crippen LogP contribution in [0.1, 0.15) is 61.8 Å². The number of carbonyl (C=O) groups excluding carboxylic acids is 2. The molecule has 4 saturated heterocycles. The monoisotopic (exact) mass is 973 g/mol. The molecule has 0 saturated carbocycles. The predicted octanol–water partition coefficient (Wildman–Crippen LogP) is 6.74. The van der Waals surface area contributed by atoms with Crippen molar-refractivity contribution in [3.8, 4) is 41.1 Å². The number of rotatable bonds is 12. The second kappa shape index (κ2) is 20.0. The molecule has 6 heterocycles. The second-order valence-corrected chi connectivity index (χ2v) is 19.8. The number of hydrogen-bond donors (Lipinski definition) is 4. The number of carbonyl (C=O) groups is 2. The van der Waals surface area contributed by atoms with Gasteiger partial charge < -0.3 is 30.5 Å². The lowest BCUT2D eigenvalue weighted by atomic mass is 9.94. The Kier molecular flexibility index (Phi) is 13.4. The van der Waals surface area contributed by atoms with E-state index < -0.39 is 11.8 Å². The summed E-state index contributed by atoms with van der Waals surface area (Å²) in [6.07, 6.45) is 9.08. The summed E-state index contributed by atoms with van der Waals surface area (Å²) in [5.41, 5.74) is 9.30. The molecule has 0 radical (unpaired) electrons. The third-order valence-electron chi connectivity index (χ3n) is 14.8. The summed E-state index contributed by atoms with van der Waals surface area (Å²) in [5, 5.41) is 31.8. The summed E-state index contributed by atoms with van der Waals surface area (Å²) in [7, 11) is 0. The largest absolute Gasteiger partial charge is 0.508 e. The van der Waals surface area contributed by atoms with E-state index >= 15 is 4.39 Å². The molecule has 4 fully saturated rings. The second-order valence-electron chi connectivity index (χ2n) is 19.8. The Balaban J connectivity index is 0.736. The highest BCUT2D eigenvalue weighted by Crippen LogP contribution is 2.39. The Morgan fingerprint density at radius 3 is 2.38 bits per heavy atom. The number of anilines is 2. The molecule has 372 valence electrons. The van der Waals surface area contributed by atoms with Gasteiger partial charge in [0.05, 0.1) is 16.6 Å². The minimum atomic E-state index is -0.877. The first-order valence-corrected chi connectivity index (χ1v) is 24.8. The zero-order valence-electron chi connectivity index (χ0n) is 40.9. The number of terminal acetylenes is 1. The Hall–Kier alpha value is -7.39. The molecular formula is C55H60FN11O5. The van der Waals surface area contributed by atoms with Crippen LogP contribution >= 0.6 is 0 Å². The van der Waals surface area contributed by atoms with E-state index in [9.17, 15) is 19.8 Å². The molecular weight excluding hydrogens is 914 g/mol. The molecule has 0 aliphatic carbocycles. The van der Waals surface area contributed by atoms with Gasteiger partial charge in [-0.25, -0.2) is 14.1 Å². The lowest BCUT2D eigenvalue weighted by Crippen LogP contribution is -2.52. The molecule has 2 aromatic heterocycles. The van der Waals surface area contributed by atoms with E-state index in [2.05, 4.69) is 37.4 Å². The molecule has 10 rings (SSSR count). The van der Waals surface area contributed by atoms with Crippen molar-refractivity contribution in [1.29, 1.82) is 5.41 Å². The van der Waals surface area contributed by atoms with Gasteiger partial charge in [-0.1, -0.05) is 62.2 Å². The molecule has 16 nitrogen and oxygen atoms in total. The average Bonchev–Trinajstić information content (AvgIpc) is 4.17. The fourth-order valence-corrected chi connectivity index (χ4v) is 10.8. The van der Waals surface area contributed by atoms with E-state index in [1.807, 2.05) is 67.3 Å². The van der Waals surface area contributed by atoms with Crippen LogP contribution in [0.5, 0.6) is 17.5 Å².